The van der Waals surface area contributed by atoms with Gasteiger partial charge in [-0.3, -0.25) is 0 Å². The van der Waals surface area contributed by atoms with Gasteiger partial charge in [0.1, 0.15) is 0 Å². The molecule has 0 bridgehead atoms. The second-order valence-electron chi connectivity index (χ2n) is 4.25. The molecular weight excluding hydrogens is 365 g/mol. The first kappa shape index (κ1) is 14.4. The SMILES string of the molecule is [CH3][Sn]([Cl])[CH2]CP(c1ccccc1)c1ccccc1. The van der Waals surface area contributed by atoms with Crippen LogP contribution in [0, 0.1) is 0 Å². The predicted molar refractivity (Wildman–Crippen MR) is 86.2 cm³/mol. The Hall–Kier alpha value is -0.0413. The number of hydrogen-bond donors (Lipinski definition) is 0. The molecule has 0 fully saturated rings. The van der Waals surface area contributed by atoms with Crippen molar-refractivity contribution in [2.75, 3.05) is 6.16 Å². The molecule has 1 radical (unpaired) electrons. The van der Waals surface area contributed by atoms with E-state index < -0.39 is 18.6 Å². The van der Waals surface area contributed by atoms with Gasteiger partial charge in [0.25, 0.3) is 0 Å². The molecule has 0 aliphatic heterocycles. The van der Waals surface area contributed by atoms with Gasteiger partial charge in [0.2, 0.25) is 0 Å². The molecule has 93 valence electrons. The summed E-state index contributed by atoms with van der Waals surface area (Å²) in [5, 5.41) is 2.94. The van der Waals surface area contributed by atoms with Crippen LogP contribution in [0.25, 0.3) is 0 Å². The van der Waals surface area contributed by atoms with Crippen LogP contribution >= 0.6 is 16.8 Å². The molecule has 0 N–H and O–H groups in total. The van der Waals surface area contributed by atoms with Gasteiger partial charge >= 0.3 is 122 Å². The molecule has 0 nitrogen and oxygen atoms in total. The first-order valence-corrected chi connectivity index (χ1v) is 16.1. The van der Waals surface area contributed by atoms with Gasteiger partial charge in [0, 0.05) is 0 Å². The first-order chi connectivity index (χ1) is 8.77. The number of hydrogen-bond acceptors (Lipinski definition) is 0. The Morgan fingerprint density at radius 2 is 1.33 bits per heavy atom. The Labute approximate surface area is 122 Å². The summed E-state index contributed by atoms with van der Waals surface area (Å²) in [5.74, 6) is 0. The molecule has 0 spiro atoms. The Morgan fingerprint density at radius 3 is 1.72 bits per heavy atom. The van der Waals surface area contributed by atoms with Crippen molar-refractivity contribution in [2.24, 2.45) is 0 Å². The summed E-state index contributed by atoms with van der Waals surface area (Å²) in [5.41, 5.74) is 0. The Balaban J connectivity index is 2.24. The molecule has 0 unspecified atom stereocenters. The van der Waals surface area contributed by atoms with E-state index >= 15 is 0 Å². The van der Waals surface area contributed by atoms with Crippen molar-refractivity contribution < 1.29 is 0 Å². The number of halogens is 1. The molecule has 0 atom stereocenters. The summed E-state index contributed by atoms with van der Waals surface area (Å²) in [4.78, 5) is 2.27. The summed E-state index contributed by atoms with van der Waals surface area (Å²) in [6.07, 6.45) is 1.25. The molecule has 0 heterocycles. The maximum atomic E-state index is 6.30. The molecule has 3 heteroatoms. The van der Waals surface area contributed by atoms with Crippen LogP contribution in [0.4, 0.5) is 0 Å². The molecule has 2 aromatic rings. The van der Waals surface area contributed by atoms with E-state index in [-0.39, 0.29) is 7.92 Å². The van der Waals surface area contributed by atoms with Gasteiger partial charge in [0.15, 0.2) is 0 Å². The molecule has 0 amide bonds. The van der Waals surface area contributed by atoms with Crippen LogP contribution in [-0.4, -0.2) is 24.8 Å². The van der Waals surface area contributed by atoms with Crippen molar-refractivity contribution in [1.82, 2.24) is 0 Å². The Bertz CT molecular complexity index is 419. The van der Waals surface area contributed by atoms with Gasteiger partial charge in [-0.15, -0.1) is 0 Å². The van der Waals surface area contributed by atoms with Crippen molar-refractivity contribution in [3.63, 3.8) is 0 Å². The molecule has 0 aliphatic rings. The van der Waals surface area contributed by atoms with E-state index in [4.69, 9.17) is 8.92 Å². The van der Waals surface area contributed by atoms with Crippen LogP contribution in [0.5, 0.6) is 0 Å². The van der Waals surface area contributed by atoms with E-state index in [0.717, 1.165) is 0 Å². The zero-order valence-corrected chi connectivity index (χ0v) is 15.0. The van der Waals surface area contributed by atoms with Crippen LogP contribution in [0.3, 0.4) is 0 Å². The summed E-state index contributed by atoms with van der Waals surface area (Å²) >= 11 is -1.50. The fourth-order valence-electron chi connectivity index (χ4n) is 1.89. The van der Waals surface area contributed by atoms with E-state index in [9.17, 15) is 0 Å². The topological polar surface area (TPSA) is 0 Å². The molecule has 0 aromatic heterocycles. The van der Waals surface area contributed by atoms with Gasteiger partial charge in [-0.05, 0) is 0 Å². The average Bonchev–Trinajstić information content (AvgIpc) is 2.41. The molecule has 0 saturated heterocycles. The minimum atomic E-state index is -1.50. The predicted octanol–water partition coefficient (Wildman–Crippen LogP) is 3.98. The van der Waals surface area contributed by atoms with Crippen LogP contribution < -0.4 is 10.6 Å². The third-order valence-electron chi connectivity index (χ3n) is 2.82. The van der Waals surface area contributed by atoms with Gasteiger partial charge in [-0.2, -0.15) is 0 Å². The third-order valence-corrected chi connectivity index (χ3v) is 10.5. The zero-order chi connectivity index (χ0) is 12.8. The monoisotopic (exact) mass is 383 g/mol. The van der Waals surface area contributed by atoms with E-state index in [1.165, 1.54) is 21.2 Å². The van der Waals surface area contributed by atoms with Gasteiger partial charge < -0.3 is 0 Å². The van der Waals surface area contributed by atoms with Crippen LogP contribution in [0.15, 0.2) is 60.7 Å². The van der Waals surface area contributed by atoms with Crippen molar-refractivity contribution in [2.45, 2.75) is 9.38 Å². The minimum absolute atomic E-state index is 0.219. The van der Waals surface area contributed by atoms with Crippen molar-refractivity contribution >= 4 is 46.1 Å². The van der Waals surface area contributed by atoms with Crippen molar-refractivity contribution in [1.29, 1.82) is 0 Å². The molecular formula is C15H17ClPSn. The Morgan fingerprint density at radius 1 is 0.889 bits per heavy atom. The zero-order valence-electron chi connectivity index (χ0n) is 10.5. The van der Waals surface area contributed by atoms with E-state index in [1.54, 1.807) is 0 Å². The second-order valence-corrected chi connectivity index (χ2v) is 16.2. The van der Waals surface area contributed by atoms with Crippen molar-refractivity contribution in [3.05, 3.63) is 60.7 Å². The van der Waals surface area contributed by atoms with E-state index in [0.29, 0.717) is 0 Å². The number of rotatable bonds is 5. The molecule has 0 aliphatic carbocycles. The standard InChI is InChI=1S/C14H14P.CH3.ClH.Sn/c1-2-15(13-9-5-3-6-10-13)14-11-7-4-8-12-14;;;/h3-12H,1-2H2;1H3;1H;/q;;;+1/p-1. The molecule has 2 rings (SSSR count). The maximum absolute atomic E-state index is 6.30. The van der Waals surface area contributed by atoms with Gasteiger partial charge in [-0.1, -0.05) is 0 Å². The fourth-order valence-corrected chi connectivity index (χ4v) is 10.6. The third kappa shape index (κ3) is 4.26. The van der Waals surface area contributed by atoms with E-state index in [2.05, 4.69) is 65.6 Å². The molecule has 18 heavy (non-hydrogen) atoms. The van der Waals surface area contributed by atoms with Crippen LogP contribution in [-0.2, 0) is 0 Å². The van der Waals surface area contributed by atoms with Crippen LogP contribution in [0.1, 0.15) is 0 Å². The number of benzene rings is 2. The quantitative estimate of drug-likeness (QED) is 0.542. The summed E-state index contributed by atoms with van der Waals surface area (Å²) in [6, 6.07) is 21.8. The summed E-state index contributed by atoms with van der Waals surface area (Å²) < 4.78 is 1.26. The summed E-state index contributed by atoms with van der Waals surface area (Å²) in [7, 11) is 6.09. The summed E-state index contributed by atoms with van der Waals surface area (Å²) in [6.45, 7) is 0. The second kappa shape index (κ2) is 7.52. The molecule has 2 aromatic carbocycles. The van der Waals surface area contributed by atoms with E-state index in [1.807, 2.05) is 0 Å². The van der Waals surface area contributed by atoms with Crippen molar-refractivity contribution in [3.8, 4) is 0 Å². The van der Waals surface area contributed by atoms with Crippen LogP contribution in [0.2, 0.25) is 9.38 Å². The Kier molecular flexibility index (Phi) is 6.01. The molecule has 0 saturated carbocycles. The normalized spacial score (nSPS) is 11.1. The van der Waals surface area contributed by atoms with Gasteiger partial charge in [0.05, 0.1) is 0 Å². The fraction of sp³-hybridized carbons (Fsp3) is 0.200. The van der Waals surface area contributed by atoms with Gasteiger partial charge in [-0.25, -0.2) is 0 Å². The first-order valence-electron chi connectivity index (χ1n) is 6.13. The average molecular weight is 382 g/mol.